The van der Waals surface area contributed by atoms with E-state index in [0.717, 1.165) is 5.56 Å². The molecule has 2 aromatic rings. The molecule has 0 aliphatic heterocycles. The Hall–Kier alpha value is -2.96. The van der Waals surface area contributed by atoms with E-state index in [9.17, 15) is 9.59 Å². The van der Waals surface area contributed by atoms with Gasteiger partial charge in [-0.15, -0.1) is 0 Å². The Morgan fingerprint density at radius 2 is 2.00 bits per heavy atom. The minimum atomic E-state index is -0.969. The quantitative estimate of drug-likeness (QED) is 0.901. The number of aryl methyl sites for hydroxylation is 1. The molecule has 0 unspecified atom stereocenters. The Morgan fingerprint density at radius 1 is 1.29 bits per heavy atom. The molecule has 0 spiro atoms. The van der Waals surface area contributed by atoms with Gasteiger partial charge in [-0.2, -0.15) is 0 Å². The molecule has 0 saturated carbocycles. The van der Waals surface area contributed by atoms with E-state index in [-0.39, 0.29) is 17.0 Å². The van der Waals surface area contributed by atoms with Crippen molar-refractivity contribution in [3.8, 4) is 5.75 Å². The third kappa shape index (κ3) is 4.07. The summed E-state index contributed by atoms with van der Waals surface area (Å²) in [7, 11) is 0. The predicted octanol–water partition coefficient (Wildman–Crippen LogP) is 2.79. The lowest BCUT2D eigenvalue weighted by Gasteiger charge is -2.24. The Bertz CT molecular complexity index is 767. The summed E-state index contributed by atoms with van der Waals surface area (Å²) in [4.78, 5) is 31.8. The van der Waals surface area contributed by atoms with E-state index in [1.54, 1.807) is 31.3 Å². The summed E-state index contributed by atoms with van der Waals surface area (Å²) in [5.41, 5.74) is 6.59. The fraction of sp³-hybridized carbons (Fsp3) is 0.294. The maximum Gasteiger partial charge on any atom is 0.410 e. The van der Waals surface area contributed by atoms with Gasteiger partial charge in [-0.05, 0) is 30.5 Å². The van der Waals surface area contributed by atoms with Crippen LogP contribution in [0.1, 0.15) is 42.4 Å². The Morgan fingerprint density at radius 3 is 2.54 bits per heavy atom. The molecular formula is C17H20N4O3. The van der Waals surface area contributed by atoms with Crippen LogP contribution in [-0.4, -0.2) is 22.0 Å². The van der Waals surface area contributed by atoms with Gasteiger partial charge in [0.1, 0.15) is 0 Å². The van der Waals surface area contributed by atoms with Crippen LogP contribution in [0.15, 0.2) is 30.6 Å². The van der Waals surface area contributed by atoms with Crippen LogP contribution in [0, 0.1) is 6.92 Å². The van der Waals surface area contributed by atoms with Gasteiger partial charge in [-0.25, -0.2) is 9.78 Å². The first kappa shape index (κ1) is 17.4. The van der Waals surface area contributed by atoms with Crippen molar-refractivity contribution < 1.29 is 14.3 Å². The van der Waals surface area contributed by atoms with Crippen molar-refractivity contribution in [3.63, 3.8) is 0 Å². The van der Waals surface area contributed by atoms with Gasteiger partial charge in [0.2, 0.25) is 0 Å². The van der Waals surface area contributed by atoms with E-state index >= 15 is 0 Å². The molecule has 2 rings (SSSR count). The number of hydrogen-bond acceptors (Lipinski definition) is 5. The molecule has 0 aliphatic carbocycles. The van der Waals surface area contributed by atoms with Gasteiger partial charge in [0, 0.05) is 23.7 Å². The molecule has 3 N–H and O–H groups in total. The third-order valence-electron chi connectivity index (χ3n) is 3.27. The number of anilines is 1. The van der Waals surface area contributed by atoms with Crippen molar-refractivity contribution in [2.75, 3.05) is 5.32 Å². The molecule has 126 valence electrons. The zero-order valence-electron chi connectivity index (χ0n) is 14.1. The Kier molecular flexibility index (Phi) is 4.82. The second-order valence-corrected chi connectivity index (χ2v) is 6.36. The van der Waals surface area contributed by atoms with Crippen LogP contribution in [0.5, 0.6) is 5.75 Å². The highest BCUT2D eigenvalue weighted by molar-refractivity contribution is 6.04. The second kappa shape index (κ2) is 6.66. The van der Waals surface area contributed by atoms with Crippen molar-refractivity contribution in [3.05, 3.63) is 47.4 Å². The van der Waals surface area contributed by atoms with Gasteiger partial charge < -0.3 is 15.8 Å². The van der Waals surface area contributed by atoms with Gasteiger partial charge in [-0.1, -0.05) is 20.8 Å². The Labute approximate surface area is 140 Å². The molecule has 7 nitrogen and oxygen atoms in total. The van der Waals surface area contributed by atoms with E-state index in [2.05, 4.69) is 15.3 Å². The molecule has 0 atom stereocenters. The molecule has 0 bridgehead atoms. The van der Waals surface area contributed by atoms with Gasteiger partial charge in [-0.3, -0.25) is 9.78 Å². The highest BCUT2D eigenvalue weighted by Gasteiger charge is 2.25. The number of ether oxygens (including phenoxy) is 1. The maximum absolute atomic E-state index is 12.4. The molecule has 2 amide bonds. The highest BCUT2D eigenvalue weighted by atomic mass is 16.5. The van der Waals surface area contributed by atoms with E-state index in [4.69, 9.17) is 10.5 Å². The zero-order valence-corrected chi connectivity index (χ0v) is 14.1. The lowest BCUT2D eigenvalue weighted by atomic mass is 9.86. The topological polar surface area (TPSA) is 107 Å². The molecule has 0 saturated heterocycles. The molecule has 0 radical (unpaired) electrons. The summed E-state index contributed by atoms with van der Waals surface area (Å²) >= 11 is 0. The SMILES string of the molecule is Cc1cc(C(C)(C)C)c(OC(N)=O)c(NC(=O)c2cccnc2)n1. The number of nitrogens with one attached hydrogen (secondary N) is 1. The number of carbonyl (C=O) groups is 2. The van der Waals surface area contributed by atoms with Gasteiger partial charge in [0.25, 0.3) is 5.91 Å². The average molecular weight is 328 g/mol. The number of pyridine rings is 2. The van der Waals surface area contributed by atoms with Crippen molar-refractivity contribution in [1.82, 2.24) is 9.97 Å². The second-order valence-electron chi connectivity index (χ2n) is 6.36. The number of aromatic nitrogens is 2. The fourth-order valence-electron chi connectivity index (χ4n) is 2.18. The molecule has 0 aromatic carbocycles. The molecule has 0 aliphatic rings. The van der Waals surface area contributed by atoms with Crippen LogP contribution in [0.4, 0.5) is 10.6 Å². The normalized spacial score (nSPS) is 11.0. The minimum absolute atomic E-state index is 0.146. The Balaban J connectivity index is 2.50. The monoisotopic (exact) mass is 328 g/mol. The average Bonchev–Trinajstić information content (AvgIpc) is 2.49. The lowest BCUT2D eigenvalue weighted by molar-refractivity contribution is 0.102. The summed E-state index contributed by atoms with van der Waals surface area (Å²) < 4.78 is 5.14. The largest absolute Gasteiger partial charge is 0.410 e. The number of amides is 2. The molecule has 2 aromatic heterocycles. The number of primary amides is 1. The van der Waals surface area contributed by atoms with E-state index in [1.165, 1.54) is 6.20 Å². The first-order valence-corrected chi connectivity index (χ1v) is 7.39. The summed E-state index contributed by atoms with van der Waals surface area (Å²) in [6.45, 7) is 7.68. The molecule has 24 heavy (non-hydrogen) atoms. The fourth-order valence-corrected chi connectivity index (χ4v) is 2.18. The summed E-state index contributed by atoms with van der Waals surface area (Å²) in [6, 6.07) is 5.08. The van der Waals surface area contributed by atoms with Gasteiger partial charge in [0.15, 0.2) is 11.6 Å². The van der Waals surface area contributed by atoms with Crippen molar-refractivity contribution in [2.45, 2.75) is 33.1 Å². The van der Waals surface area contributed by atoms with Crippen LogP contribution >= 0.6 is 0 Å². The molecular weight excluding hydrogens is 308 g/mol. The molecule has 2 heterocycles. The molecule has 7 heteroatoms. The van der Waals surface area contributed by atoms with Crippen molar-refractivity contribution in [1.29, 1.82) is 0 Å². The van der Waals surface area contributed by atoms with E-state index in [1.807, 2.05) is 20.8 Å². The van der Waals surface area contributed by atoms with Crippen LogP contribution in [0.25, 0.3) is 0 Å². The van der Waals surface area contributed by atoms with Crippen molar-refractivity contribution in [2.24, 2.45) is 5.73 Å². The van der Waals surface area contributed by atoms with Crippen molar-refractivity contribution >= 4 is 17.8 Å². The minimum Gasteiger partial charge on any atom is -0.406 e. The number of hydrogen-bond donors (Lipinski definition) is 2. The smallest absolute Gasteiger partial charge is 0.406 e. The predicted molar refractivity (Wildman–Crippen MR) is 90.1 cm³/mol. The highest BCUT2D eigenvalue weighted by Crippen LogP contribution is 2.37. The summed E-state index contributed by atoms with van der Waals surface area (Å²) in [5.74, 6) is -0.110. The van der Waals surface area contributed by atoms with Gasteiger partial charge >= 0.3 is 6.09 Å². The zero-order chi connectivity index (χ0) is 17.9. The number of rotatable bonds is 3. The first-order valence-electron chi connectivity index (χ1n) is 7.39. The van der Waals surface area contributed by atoms with Crippen LogP contribution < -0.4 is 15.8 Å². The maximum atomic E-state index is 12.4. The molecule has 0 fully saturated rings. The first-order chi connectivity index (χ1) is 11.2. The lowest BCUT2D eigenvalue weighted by Crippen LogP contribution is -2.23. The third-order valence-corrected chi connectivity index (χ3v) is 3.27. The number of carbonyl (C=O) groups excluding carboxylic acids is 2. The van der Waals surface area contributed by atoms with Crippen LogP contribution in [-0.2, 0) is 5.41 Å². The van der Waals surface area contributed by atoms with Crippen LogP contribution in [0.3, 0.4) is 0 Å². The summed E-state index contributed by atoms with van der Waals surface area (Å²) in [6.07, 6.45) is 2.04. The van der Waals surface area contributed by atoms with E-state index < -0.39 is 12.0 Å². The number of nitrogens with two attached hydrogens (primary N) is 1. The standard InChI is InChI=1S/C17H20N4O3/c1-10-8-12(17(2,3)4)13(24-16(18)23)14(20-10)21-15(22)11-6-5-7-19-9-11/h5-9H,1-4H3,(H2,18,23)(H,20,21,22). The van der Waals surface area contributed by atoms with Gasteiger partial charge in [0.05, 0.1) is 5.56 Å². The van der Waals surface area contributed by atoms with Crippen LogP contribution in [0.2, 0.25) is 0 Å². The number of nitrogens with zero attached hydrogens (tertiary/aromatic N) is 2. The summed E-state index contributed by atoms with van der Waals surface area (Å²) in [5, 5.41) is 2.66. The van der Waals surface area contributed by atoms with E-state index in [0.29, 0.717) is 11.3 Å².